The molecule has 586 valence electrons. The molecule has 0 spiro atoms. The molecule has 111 heavy (non-hydrogen) atoms. The minimum absolute atomic E-state index is 0.00317. The number of carbonyl (C=O) groups excluding carboxylic acids is 6. The van der Waals surface area contributed by atoms with E-state index < -0.39 is 37.7 Å². The quantitative estimate of drug-likeness (QED) is 0.0685. The molecule has 18 nitrogen and oxygen atoms in total. The Hall–Kier alpha value is -8.28. The first-order valence-corrected chi connectivity index (χ1v) is 42.4. The Morgan fingerprint density at radius 2 is 0.676 bits per heavy atom. The van der Waals surface area contributed by atoms with E-state index in [1.807, 2.05) is 14.7 Å². The SMILES string of the molecule is CC12CC3CC(C1)C(C3O)N(C(=O)c1ccc(F)cn1)C2.CC12CC3CC(C1)C(C3OC(=O)C1CC1)N(C(=O)c1ccc(F)cn1)C2.CC12CC3CC(C1)C(C3OC(=O)C1CC1)N(C(=O)c1ccc(F)cn1)C2.CC12CC3CC(C1)C(C3O[Si](c1ccccc1)(c1ccccc1)C(C)(C)C)N(C(=O)c1ccc(F)cn1)C2. The van der Waals surface area contributed by atoms with Crippen LogP contribution in [0, 0.1) is 104 Å². The zero-order valence-electron chi connectivity index (χ0n) is 64.4. The molecule has 20 rings (SSSR count). The fourth-order valence-electron chi connectivity index (χ4n) is 24.1. The van der Waals surface area contributed by atoms with Crippen LogP contribution in [0.25, 0.3) is 0 Å². The number of amides is 4. The zero-order chi connectivity index (χ0) is 77.6. The lowest BCUT2D eigenvalue weighted by atomic mass is 9.67. The van der Waals surface area contributed by atoms with Crippen LogP contribution in [0.3, 0.4) is 0 Å². The van der Waals surface area contributed by atoms with Crippen LogP contribution in [-0.4, -0.2) is 163 Å². The number of likely N-dealkylation sites (tertiary alicyclic amines) is 4. The van der Waals surface area contributed by atoms with E-state index in [1.165, 1.54) is 58.9 Å². The Kier molecular flexibility index (Phi) is 19.3. The number of piperidine rings is 4. The Balaban J connectivity index is 0.000000110. The van der Waals surface area contributed by atoms with Crippen molar-refractivity contribution in [1.82, 2.24) is 39.5 Å². The molecule has 1 N–H and O–H groups in total. The van der Waals surface area contributed by atoms with Gasteiger partial charge in [0.25, 0.3) is 31.9 Å². The van der Waals surface area contributed by atoms with Crippen molar-refractivity contribution >= 4 is 54.3 Å². The third kappa shape index (κ3) is 14.1. The molecule has 23 heteroatoms. The maximum Gasteiger partial charge on any atom is 0.309 e. The molecule has 4 amide bonds. The van der Waals surface area contributed by atoms with Crippen LogP contribution in [0.4, 0.5) is 17.6 Å². The van der Waals surface area contributed by atoms with Gasteiger partial charge in [0.1, 0.15) is 58.3 Å². The summed E-state index contributed by atoms with van der Waals surface area (Å²) in [7, 11) is -2.79. The molecular weight excluding hydrogens is 1430 g/mol. The number of aromatic nitrogens is 4. The van der Waals surface area contributed by atoms with E-state index in [0.29, 0.717) is 79.2 Å². The Labute approximate surface area is 647 Å². The van der Waals surface area contributed by atoms with Gasteiger partial charge in [0.05, 0.1) is 73.0 Å². The van der Waals surface area contributed by atoms with Gasteiger partial charge in [-0.15, -0.1) is 0 Å². The highest BCUT2D eigenvalue weighted by Crippen LogP contribution is 2.62. The van der Waals surface area contributed by atoms with E-state index in [-0.39, 0.29) is 134 Å². The summed E-state index contributed by atoms with van der Waals surface area (Å²) in [4.78, 5) is 101. The van der Waals surface area contributed by atoms with Gasteiger partial charge in [-0.2, -0.15) is 0 Å². The molecule has 8 heterocycles. The third-order valence-corrected chi connectivity index (χ3v) is 33.2. The second-order valence-corrected chi connectivity index (χ2v) is 42.4. The van der Waals surface area contributed by atoms with Crippen molar-refractivity contribution in [2.24, 2.45) is 80.8 Å². The molecule has 10 aliphatic carbocycles. The molecule has 20 unspecified atom stereocenters. The molecule has 4 aromatic heterocycles. The summed E-state index contributed by atoms with van der Waals surface area (Å²) in [6, 6.07) is 32.2. The summed E-state index contributed by atoms with van der Waals surface area (Å²) in [6.45, 7) is 18.6. The number of rotatable bonds is 12. The number of ether oxygens (including phenoxy) is 2. The molecule has 14 fully saturated rings. The highest BCUT2D eigenvalue weighted by molar-refractivity contribution is 6.99. The average Bonchev–Trinajstić information content (AvgIpc) is 1.61. The molecule has 10 saturated carbocycles. The number of fused-ring (bicyclic) bond motifs is 8. The first-order chi connectivity index (χ1) is 52.9. The zero-order valence-corrected chi connectivity index (χ0v) is 65.4. The van der Waals surface area contributed by atoms with Gasteiger partial charge in [-0.1, -0.05) is 109 Å². The summed E-state index contributed by atoms with van der Waals surface area (Å²) in [6.07, 6.45) is 19.7. The number of pyridine rings is 4. The Bertz CT molecular complexity index is 4380. The van der Waals surface area contributed by atoms with E-state index in [0.717, 1.165) is 128 Å². The van der Waals surface area contributed by atoms with E-state index in [1.54, 1.807) is 4.90 Å². The predicted molar refractivity (Wildman–Crippen MR) is 406 cm³/mol. The van der Waals surface area contributed by atoms with Crippen molar-refractivity contribution in [3.63, 3.8) is 0 Å². The molecular formula is C88H102F4N8O10Si. The monoisotopic (exact) mass is 1530 g/mol. The molecule has 14 aliphatic rings. The average molecular weight is 1540 g/mol. The number of halogens is 4. The van der Waals surface area contributed by atoms with Crippen LogP contribution >= 0.6 is 0 Å². The molecule has 12 bridgehead atoms. The summed E-state index contributed by atoms with van der Waals surface area (Å²) >= 11 is 0. The molecule has 4 aliphatic heterocycles. The predicted octanol–water partition coefficient (Wildman–Crippen LogP) is 12.9. The number of aliphatic hydroxyl groups is 1. The summed E-state index contributed by atoms with van der Waals surface area (Å²) < 4.78 is 72.6. The van der Waals surface area contributed by atoms with Crippen LogP contribution in [0.15, 0.2) is 134 Å². The van der Waals surface area contributed by atoms with Crippen LogP contribution in [-0.2, 0) is 23.5 Å². The maximum absolute atomic E-state index is 13.9. The smallest absolute Gasteiger partial charge is 0.309 e. The van der Waals surface area contributed by atoms with Crippen LogP contribution in [0.1, 0.15) is 193 Å². The topological polar surface area (TPSA) is 215 Å². The van der Waals surface area contributed by atoms with Gasteiger partial charge < -0.3 is 38.6 Å². The summed E-state index contributed by atoms with van der Waals surface area (Å²) in [5.41, 5.74) is 1.35. The van der Waals surface area contributed by atoms with Crippen LogP contribution in [0.5, 0.6) is 0 Å². The van der Waals surface area contributed by atoms with Crippen molar-refractivity contribution < 1.29 is 65.3 Å². The summed E-state index contributed by atoms with van der Waals surface area (Å²) in [5.74, 6) is 0.434. The highest BCUT2D eigenvalue weighted by atomic mass is 28.4. The van der Waals surface area contributed by atoms with Crippen LogP contribution in [0.2, 0.25) is 5.04 Å². The van der Waals surface area contributed by atoms with Gasteiger partial charge in [0.15, 0.2) is 0 Å². The van der Waals surface area contributed by atoms with E-state index >= 15 is 0 Å². The minimum Gasteiger partial charge on any atom is -0.460 e. The Morgan fingerprint density at radius 3 is 0.982 bits per heavy atom. The number of carbonyl (C=O) groups is 6. The molecule has 2 aromatic carbocycles. The maximum atomic E-state index is 13.9. The second kappa shape index (κ2) is 28.4. The second-order valence-electron chi connectivity index (χ2n) is 38.1. The van der Waals surface area contributed by atoms with Gasteiger partial charge >= 0.3 is 11.9 Å². The van der Waals surface area contributed by atoms with Gasteiger partial charge in [-0.05, 0) is 236 Å². The largest absolute Gasteiger partial charge is 0.460 e. The number of esters is 2. The molecule has 6 aromatic rings. The van der Waals surface area contributed by atoms with Crippen molar-refractivity contribution in [2.75, 3.05) is 26.2 Å². The van der Waals surface area contributed by atoms with Crippen molar-refractivity contribution in [2.45, 2.75) is 205 Å². The van der Waals surface area contributed by atoms with Gasteiger partial charge in [0.2, 0.25) is 0 Å². The van der Waals surface area contributed by atoms with E-state index in [9.17, 15) is 51.4 Å². The van der Waals surface area contributed by atoms with Crippen molar-refractivity contribution in [3.05, 3.63) is 180 Å². The van der Waals surface area contributed by atoms with Gasteiger partial charge in [-0.3, -0.25) is 28.8 Å². The molecule has 20 atom stereocenters. The number of nitrogens with zero attached hydrogens (tertiary/aromatic N) is 8. The van der Waals surface area contributed by atoms with Gasteiger partial charge in [0, 0.05) is 26.2 Å². The lowest BCUT2D eigenvalue weighted by molar-refractivity contribution is -0.155. The van der Waals surface area contributed by atoms with Crippen molar-refractivity contribution in [1.29, 1.82) is 0 Å². The third-order valence-electron chi connectivity index (χ3n) is 28.2. The van der Waals surface area contributed by atoms with Gasteiger partial charge in [-0.25, -0.2) is 37.5 Å². The minimum atomic E-state index is -2.79. The van der Waals surface area contributed by atoms with Crippen molar-refractivity contribution in [3.8, 4) is 0 Å². The standard InChI is InChI=1S/C32H37FN2O2Si.2C20H23FN2O3.C16H19FN2O2/c1-31(2,3)38(25-11-7-5-8-12-25,26-13-9-6-10-14-26)37-29-23-17-22-18-32(4,19-23)21-35(28(22)29)30(36)27-16-15-24(33)20-34-27;2*1-20-7-12-6-13(8-20)17(26-19(25)11-2-3-11)16(12)23(10-20)18(24)15-5-4-14(21)9-22-15;1-16-5-9-4-10(6-16)14(20)13(9)19(8-16)15(21)12-3-2-11(17)7-18-12/h5-16,20,22-23,28-29H,17-19,21H2,1-4H3;2*4-5,9,11-13,16-17H,2-3,6-8,10H2,1H3;2-3,7,9-10,13-14,20H,4-6,8H2,1H3. The molecule has 4 saturated heterocycles. The lowest BCUT2D eigenvalue weighted by Gasteiger charge is -2.49. The van der Waals surface area contributed by atoms with Crippen LogP contribution < -0.4 is 10.4 Å². The highest BCUT2D eigenvalue weighted by Gasteiger charge is 2.66. The molecule has 0 radical (unpaired) electrons. The Morgan fingerprint density at radius 1 is 0.396 bits per heavy atom. The normalized spacial score (nSPS) is 35.1. The first kappa shape index (κ1) is 75.4. The number of benzene rings is 2. The number of aliphatic hydroxyl groups excluding tert-OH is 1. The number of hydrogen-bond donors (Lipinski definition) is 1. The number of hydrogen-bond acceptors (Lipinski definition) is 14. The fraction of sp³-hybridized carbons (Fsp3) is 0.568. The fourth-order valence-corrected chi connectivity index (χ4v) is 28.9. The first-order valence-electron chi connectivity index (χ1n) is 40.5. The van der Waals surface area contributed by atoms with E-state index in [4.69, 9.17) is 13.9 Å². The lowest BCUT2D eigenvalue weighted by Crippen LogP contribution is -2.69. The van der Waals surface area contributed by atoms with E-state index in [2.05, 4.69) is 129 Å². The summed E-state index contributed by atoms with van der Waals surface area (Å²) in [5, 5.41) is 12.9.